The molecule has 5 rings (SSSR count). The van der Waals surface area contributed by atoms with Gasteiger partial charge < -0.3 is 19.5 Å². The summed E-state index contributed by atoms with van der Waals surface area (Å²) in [5, 5.41) is 3.56. The highest BCUT2D eigenvalue weighted by atomic mass is 35.5. The number of ketones is 1. The molecule has 2 fully saturated rings. The van der Waals surface area contributed by atoms with Crippen molar-refractivity contribution in [2.75, 3.05) is 36.0 Å². The summed E-state index contributed by atoms with van der Waals surface area (Å²) in [4.78, 5) is 37.3. The van der Waals surface area contributed by atoms with Crippen LogP contribution in [-0.2, 0) is 12.6 Å². The van der Waals surface area contributed by atoms with Crippen molar-refractivity contribution < 1.29 is 27.2 Å². The molecule has 1 N–H and O–H groups in total. The van der Waals surface area contributed by atoms with Gasteiger partial charge in [0.25, 0.3) is 11.9 Å². The van der Waals surface area contributed by atoms with Crippen LogP contribution < -0.4 is 15.1 Å². The number of Topliss-reactive ketones (excluding diaryl/α,β-unsaturated/α-hetero) is 1. The maximum absolute atomic E-state index is 13.7. The minimum absolute atomic E-state index is 0.0671. The van der Waals surface area contributed by atoms with Gasteiger partial charge in [-0.3, -0.25) is 9.59 Å². The largest absolute Gasteiger partial charge is 0.437 e. The number of nitrogens with one attached hydrogen (secondary N) is 1. The zero-order chi connectivity index (χ0) is 29.1. The molecule has 0 aliphatic carbocycles. The molecule has 13 heteroatoms. The van der Waals surface area contributed by atoms with Crippen molar-refractivity contribution in [2.45, 2.75) is 50.7 Å². The van der Waals surface area contributed by atoms with Crippen LogP contribution in [0.1, 0.15) is 64.3 Å². The van der Waals surface area contributed by atoms with E-state index < -0.39 is 23.4 Å². The van der Waals surface area contributed by atoms with Gasteiger partial charge in [-0.05, 0) is 55.9 Å². The Balaban J connectivity index is 1.19. The third-order valence-corrected chi connectivity index (χ3v) is 7.91. The Kier molecular flexibility index (Phi) is 8.74. The normalized spacial score (nSPS) is 16.6. The molecule has 218 valence electrons. The van der Waals surface area contributed by atoms with E-state index in [0.717, 1.165) is 19.3 Å². The topological polar surface area (TPSA) is 91.6 Å². The standard InChI is InChI=1S/C28H28Cl2F3N5O3/c29-19-5-4-6-20(30)23(19)26(40)35-18-9-13-37(14-10-18)22-8-7-17(16-34-22)15-21(39)24-25(28(31,32)33)36-27(41-24)38-11-2-1-3-12-38/h4-8,16,18H,1-3,9-15H2,(H,35,40). The lowest BCUT2D eigenvalue weighted by atomic mass is 10.0. The minimum atomic E-state index is -4.81. The molecule has 0 spiro atoms. The van der Waals surface area contributed by atoms with Gasteiger partial charge in [0.2, 0.25) is 11.5 Å². The van der Waals surface area contributed by atoms with E-state index in [1.54, 1.807) is 35.2 Å². The minimum Gasteiger partial charge on any atom is -0.420 e. The van der Waals surface area contributed by atoms with Gasteiger partial charge in [0.05, 0.1) is 15.6 Å². The molecule has 8 nitrogen and oxygen atoms in total. The molecule has 1 aromatic carbocycles. The number of nitrogens with zero attached hydrogens (tertiary/aromatic N) is 4. The smallest absolute Gasteiger partial charge is 0.420 e. The summed E-state index contributed by atoms with van der Waals surface area (Å²) >= 11 is 12.3. The summed E-state index contributed by atoms with van der Waals surface area (Å²) < 4.78 is 46.4. The third kappa shape index (κ3) is 6.78. The van der Waals surface area contributed by atoms with Crippen LogP contribution in [0.5, 0.6) is 0 Å². The number of carbonyl (C=O) groups is 2. The van der Waals surface area contributed by atoms with Gasteiger partial charge in [-0.1, -0.05) is 35.3 Å². The number of rotatable bonds is 7. The predicted octanol–water partition coefficient (Wildman–Crippen LogP) is 6.21. The fourth-order valence-electron chi connectivity index (χ4n) is 5.11. The van der Waals surface area contributed by atoms with Crippen molar-refractivity contribution in [1.29, 1.82) is 0 Å². The van der Waals surface area contributed by atoms with Crippen molar-refractivity contribution in [2.24, 2.45) is 0 Å². The average Bonchev–Trinajstić information content (AvgIpc) is 3.41. The summed E-state index contributed by atoms with van der Waals surface area (Å²) in [5.74, 6) is -1.24. The molecule has 2 aliphatic heterocycles. The molecule has 0 unspecified atom stereocenters. The third-order valence-electron chi connectivity index (χ3n) is 7.28. The van der Waals surface area contributed by atoms with Crippen molar-refractivity contribution in [3.05, 3.63) is 69.2 Å². The van der Waals surface area contributed by atoms with Gasteiger partial charge in [-0.25, -0.2) is 4.98 Å². The van der Waals surface area contributed by atoms with Crippen LogP contribution in [0.3, 0.4) is 0 Å². The zero-order valence-corrected chi connectivity index (χ0v) is 23.5. The number of pyridine rings is 1. The second-order valence-corrected chi connectivity index (χ2v) is 11.0. The number of piperidine rings is 2. The summed E-state index contributed by atoms with van der Waals surface area (Å²) in [7, 11) is 0. The second kappa shape index (κ2) is 12.3. The van der Waals surface area contributed by atoms with Gasteiger partial charge in [0.15, 0.2) is 5.69 Å². The first-order chi connectivity index (χ1) is 19.6. The quantitative estimate of drug-likeness (QED) is 0.318. The number of oxazole rings is 1. The van der Waals surface area contributed by atoms with Crippen molar-refractivity contribution in [3.63, 3.8) is 0 Å². The van der Waals surface area contributed by atoms with E-state index in [1.807, 2.05) is 4.90 Å². The van der Waals surface area contributed by atoms with Crippen molar-refractivity contribution in [3.8, 4) is 0 Å². The van der Waals surface area contributed by atoms with Crippen LogP contribution in [-0.4, -0.2) is 53.9 Å². The highest BCUT2D eigenvalue weighted by Crippen LogP contribution is 2.35. The first kappa shape index (κ1) is 29.2. The van der Waals surface area contributed by atoms with E-state index >= 15 is 0 Å². The molecule has 3 aromatic rings. The number of hydrogen-bond acceptors (Lipinski definition) is 7. The molecule has 0 saturated carbocycles. The van der Waals surface area contributed by atoms with Gasteiger partial charge in [-0.15, -0.1) is 0 Å². The van der Waals surface area contributed by atoms with E-state index in [2.05, 4.69) is 15.3 Å². The average molecular weight is 610 g/mol. The number of amides is 1. The Bertz CT molecular complexity index is 1380. The summed E-state index contributed by atoms with van der Waals surface area (Å²) in [6, 6.07) is 8.07. The maximum atomic E-state index is 13.7. The van der Waals surface area contributed by atoms with Gasteiger partial charge >= 0.3 is 6.18 Å². The Labute approximate surface area is 244 Å². The van der Waals surface area contributed by atoms with Gasteiger partial charge in [0, 0.05) is 44.8 Å². The summed E-state index contributed by atoms with van der Waals surface area (Å²) in [6.45, 7) is 2.32. The first-order valence-corrected chi connectivity index (χ1v) is 14.2. The summed E-state index contributed by atoms with van der Waals surface area (Å²) in [6.07, 6.45) is 0.353. The number of alkyl halides is 3. The highest BCUT2D eigenvalue weighted by molar-refractivity contribution is 6.39. The lowest BCUT2D eigenvalue weighted by Crippen LogP contribution is -2.45. The predicted molar refractivity (Wildman–Crippen MR) is 149 cm³/mol. The molecule has 2 saturated heterocycles. The van der Waals surface area contributed by atoms with Crippen LogP contribution in [0.4, 0.5) is 25.0 Å². The Morgan fingerprint density at radius 2 is 1.66 bits per heavy atom. The van der Waals surface area contributed by atoms with Crippen LogP contribution >= 0.6 is 23.2 Å². The van der Waals surface area contributed by atoms with E-state index in [9.17, 15) is 22.8 Å². The fraction of sp³-hybridized carbons (Fsp3) is 0.429. The molecular weight excluding hydrogens is 582 g/mol. The van der Waals surface area contributed by atoms with Crippen molar-refractivity contribution in [1.82, 2.24) is 15.3 Å². The lowest BCUT2D eigenvalue weighted by molar-refractivity contribution is -0.141. The van der Waals surface area contributed by atoms with Crippen LogP contribution in [0.15, 0.2) is 40.9 Å². The molecule has 2 aromatic heterocycles. The number of aromatic nitrogens is 2. The monoisotopic (exact) mass is 609 g/mol. The first-order valence-electron chi connectivity index (χ1n) is 13.4. The van der Waals surface area contributed by atoms with E-state index in [1.165, 1.54) is 6.20 Å². The fourth-order valence-corrected chi connectivity index (χ4v) is 5.68. The molecule has 1 amide bonds. The van der Waals surface area contributed by atoms with Crippen molar-refractivity contribution >= 4 is 46.7 Å². The molecular formula is C28H28Cl2F3N5O3. The number of hydrogen-bond donors (Lipinski definition) is 1. The van der Waals surface area contributed by atoms with Gasteiger partial charge in [-0.2, -0.15) is 18.2 Å². The molecule has 41 heavy (non-hydrogen) atoms. The molecule has 0 bridgehead atoms. The number of halogens is 5. The number of anilines is 2. The summed E-state index contributed by atoms with van der Waals surface area (Å²) in [5.41, 5.74) is -0.582. The lowest BCUT2D eigenvalue weighted by Gasteiger charge is -2.33. The van der Waals surface area contributed by atoms with E-state index in [0.29, 0.717) is 50.4 Å². The Morgan fingerprint density at radius 1 is 0.976 bits per heavy atom. The van der Waals surface area contributed by atoms with Crippen LogP contribution in [0.25, 0.3) is 0 Å². The molecule has 0 radical (unpaired) electrons. The number of benzene rings is 1. The SMILES string of the molecule is O=C(Cc1ccc(N2CCC(NC(=O)c3c(Cl)cccc3Cl)CC2)nc1)c1oc(N2CCCCC2)nc1C(F)(F)F. The zero-order valence-electron chi connectivity index (χ0n) is 22.0. The Hall–Kier alpha value is -3.31. The molecule has 4 heterocycles. The van der Waals surface area contributed by atoms with Crippen LogP contribution in [0, 0.1) is 0 Å². The Morgan fingerprint density at radius 3 is 2.27 bits per heavy atom. The number of carbonyl (C=O) groups excluding carboxylic acids is 2. The van der Waals surface area contributed by atoms with Gasteiger partial charge in [0.1, 0.15) is 5.82 Å². The highest BCUT2D eigenvalue weighted by Gasteiger charge is 2.41. The molecule has 2 aliphatic rings. The van der Waals surface area contributed by atoms with E-state index in [4.69, 9.17) is 27.6 Å². The van der Waals surface area contributed by atoms with E-state index in [-0.39, 0.29) is 40.0 Å². The second-order valence-electron chi connectivity index (χ2n) is 10.2. The van der Waals surface area contributed by atoms with Crippen LogP contribution in [0.2, 0.25) is 10.0 Å². The molecule has 0 atom stereocenters. The maximum Gasteiger partial charge on any atom is 0.437 e.